The fraction of sp³-hybridized carbons (Fsp3) is 0.533. The van der Waals surface area contributed by atoms with Gasteiger partial charge in [-0.15, -0.1) is 12.4 Å². The summed E-state index contributed by atoms with van der Waals surface area (Å²) in [7, 11) is 0. The molecule has 0 bridgehead atoms. The number of halogens is 1. The fourth-order valence-corrected chi connectivity index (χ4v) is 2.47. The van der Waals surface area contributed by atoms with E-state index < -0.39 is 0 Å². The molecule has 106 valence electrons. The van der Waals surface area contributed by atoms with Crippen molar-refractivity contribution >= 4 is 18.3 Å². The Kier molecular flexibility index (Phi) is 6.32. The van der Waals surface area contributed by atoms with Gasteiger partial charge in [-0.05, 0) is 25.8 Å². The van der Waals surface area contributed by atoms with Crippen molar-refractivity contribution in [1.29, 1.82) is 0 Å². The molecule has 3 nitrogen and oxygen atoms in total. The van der Waals surface area contributed by atoms with Gasteiger partial charge in [0.2, 0.25) is 5.91 Å². The van der Waals surface area contributed by atoms with E-state index >= 15 is 0 Å². The van der Waals surface area contributed by atoms with Gasteiger partial charge in [-0.2, -0.15) is 0 Å². The Labute approximate surface area is 121 Å². The Morgan fingerprint density at radius 3 is 2.95 bits per heavy atom. The highest BCUT2D eigenvalue weighted by Gasteiger charge is 2.22. The van der Waals surface area contributed by atoms with Crippen molar-refractivity contribution in [2.24, 2.45) is 0 Å². The first-order valence-corrected chi connectivity index (χ1v) is 6.72. The number of amides is 1. The van der Waals surface area contributed by atoms with Crippen molar-refractivity contribution in [3.8, 4) is 0 Å². The molecule has 1 heterocycles. The molecule has 1 unspecified atom stereocenters. The first kappa shape index (κ1) is 16.0. The molecule has 1 amide bonds. The van der Waals surface area contributed by atoms with Crippen LogP contribution in [-0.2, 0) is 11.2 Å². The second kappa shape index (κ2) is 7.51. The van der Waals surface area contributed by atoms with Crippen LogP contribution < -0.4 is 5.32 Å². The van der Waals surface area contributed by atoms with Crippen LogP contribution in [0.1, 0.15) is 24.5 Å². The summed E-state index contributed by atoms with van der Waals surface area (Å²) in [5.41, 5.74) is 2.52. The molecule has 1 aliphatic rings. The van der Waals surface area contributed by atoms with E-state index in [2.05, 4.69) is 43.4 Å². The number of hydrogen-bond acceptors (Lipinski definition) is 2. The Morgan fingerprint density at radius 1 is 1.47 bits per heavy atom. The summed E-state index contributed by atoms with van der Waals surface area (Å²) < 4.78 is 0. The van der Waals surface area contributed by atoms with E-state index in [0.29, 0.717) is 12.5 Å². The number of carbonyl (C=O) groups excluding carboxylic acids is 1. The first-order chi connectivity index (χ1) is 8.66. The highest BCUT2D eigenvalue weighted by Crippen LogP contribution is 2.10. The summed E-state index contributed by atoms with van der Waals surface area (Å²) in [5.74, 6) is 0.283. The van der Waals surface area contributed by atoms with E-state index in [1.807, 2.05) is 4.90 Å². The Morgan fingerprint density at radius 2 is 2.26 bits per heavy atom. The predicted molar refractivity (Wildman–Crippen MR) is 80.8 cm³/mol. The molecule has 2 rings (SSSR count). The summed E-state index contributed by atoms with van der Waals surface area (Å²) in [5, 5.41) is 3.31. The average Bonchev–Trinajstić information content (AvgIpc) is 2.37. The molecule has 1 fully saturated rings. The smallest absolute Gasteiger partial charge is 0.223 e. The lowest BCUT2D eigenvalue weighted by Gasteiger charge is -2.34. The maximum absolute atomic E-state index is 12.2. The molecule has 1 aromatic rings. The van der Waals surface area contributed by atoms with Gasteiger partial charge in [0.05, 0.1) is 0 Å². The van der Waals surface area contributed by atoms with Crippen molar-refractivity contribution in [2.45, 2.75) is 32.7 Å². The van der Waals surface area contributed by atoms with Gasteiger partial charge >= 0.3 is 0 Å². The zero-order valence-corrected chi connectivity index (χ0v) is 12.5. The molecule has 1 saturated heterocycles. The summed E-state index contributed by atoms with van der Waals surface area (Å²) in [4.78, 5) is 14.2. The first-order valence-electron chi connectivity index (χ1n) is 6.72. The Balaban J connectivity index is 0.00000180. The van der Waals surface area contributed by atoms with E-state index in [-0.39, 0.29) is 18.3 Å². The molecule has 0 spiro atoms. The fourth-order valence-electron chi connectivity index (χ4n) is 2.47. The zero-order chi connectivity index (χ0) is 13.0. The number of nitrogens with one attached hydrogen (secondary N) is 1. The lowest BCUT2D eigenvalue weighted by molar-refractivity contribution is -0.133. The summed E-state index contributed by atoms with van der Waals surface area (Å²) in [6.07, 6.45) is 1.46. The highest BCUT2D eigenvalue weighted by molar-refractivity contribution is 5.85. The molecule has 1 atom stereocenters. The van der Waals surface area contributed by atoms with Crippen molar-refractivity contribution in [1.82, 2.24) is 10.2 Å². The van der Waals surface area contributed by atoms with Crippen LogP contribution in [0.15, 0.2) is 24.3 Å². The van der Waals surface area contributed by atoms with Gasteiger partial charge in [-0.3, -0.25) is 4.79 Å². The van der Waals surface area contributed by atoms with Gasteiger partial charge in [0, 0.05) is 32.1 Å². The van der Waals surface area contributed by atoms with E-state index in [1.54, 1.807) is 0 Å². The third-order valence-electron chi connectivity index (χ3n) is 3.53. The molecule has 0 radical (unpaired) electrons. The minimum absolute atomic E-state index is 0. The van der Waals surface area contributed by atoms with Crippen LogP contribution in [0.3, 0.4) is 0 Å². The van der Waals surface area contributed by atoms with Crippen LogP contribution in [0.4, 0.5) is 0 Å². The SMILES string of the molecule is Cc1cccc(CCC(=O)N2CCNCC2C)c1.Cl. The monoisotopic (exact) mass is 282 g/mol. The minimum Gasteiger partial charge on any atom is -0.337 e. The molecule has 0 saturated carbocycles. The molecular formula is C15H23ClN2O. The van der Waals surface area contributed by atoms with Gasteiger partial charge in [-0.25, -0.2) is 0 Å². The molecule has 1 aliphatic heterocycles. The molecule has 19 heavy (non-hydrogen) atoms. The number of nitrogens with zero attached hydrogens (tertiary/aromatic N) is 1. The van der Waals surface area contributed by atoms with Gasteiger partial charge in [0.25, 0.3) is 0 Å². The van der Waals surface area contributed by atoms with E-state index in [9.17, 15) is 4.79 Å². The number of rotatable bonds is 3. The molecule has 4 heteroatoms. The van der Waals surface area contributed by atoms with Gasteiger partial charge < -0.3 is 10.2 Å². The topological polar surface area (TPSA) is 32.3 Å². The summed E-state index contributed by atoms with van der Waals surface area (Å²) in [6.45, 7) is 6.87. The molecule has 1 N–H and O–H groups in total. The molecule has 0 aliphatic carbocycles. The van der Waals surface area contributed by atoms with Gasteiger partial charge in [0.1, 0.15) is 0 Å². The number of piperazine rings is 1. The predicted octanol–water partition coefficient (Wildman–Crippen LogP) is 2.17. The van der Waals surface area contributed by atoms with Gasteiger partial charge in [-0.1, -0.05) is 29.8 Å². The quantitative estimate of drug-likeness (QED) is 0.922. The van der Waals surface area contributed by atoms with Gasteiger partial charge in [0.15, 0.2) is 0 Å². The second-order valence-electron chi connectivity index (χ2n) is 5.13. The molecular weight excluding hydrogens is 260 g/mol. The number of aryl methyl sites for hydroxylation is 2. The number of carbonyl (C=O) groups is 1. The highest BCUT2D eigenvalue weighted by atomic mass is 35.5. The van der Waals surface area contributed by atoms with Crippen LogP contribution >= 0.6 is 12.4 Å². The van der Waals surface area contributed by atoms with Crippen LogP contribution in [0.2, 0.25) is 0 Å². The molecule has 1 aromatic carbocycles. The Hall–Kier alpha value is -1.06. The number of benzene rings is 1. The van der Waals surface area contributed by atoms with Crippen LogP contribution in [-0.4, -0.2) is 36.5 Å². The maximum atomic E-state index is 12.2. The summed E-state index contributed by atoms with van der Waals surface area (Å²) >= 11 is 0. The minimum atomic E-state index is 0. The number of hydrogen-bond donors (Lipinski definition) is 1. The second-order valence-corrected chi connectivity index (χ2v) is 5.13. The van der Waals surface area contributed by atoms with Crippen molar-refractivity contribution in [2.75, 3.05) is 19.6 Å². The van der Waals surface area contributed by atoms with E-state index in [0.717, 1.165) is 26.1 Å². The van der Waals surface area contributed by atoms with Crippen LogP contribution in [0.25, 0.3) is 0 Å². The third kappa shape index (κ3) is 4.51. The van der Waals surface area contributed by atoms with Crippen LogP contribution in [0, 0.1) is 6.92 Å². The maximum Gasteiger partial charge on any atom is 0.223 e. The Bertz CT molecular complexity index is 422. The average molecular weight is 283 g/mol. The van der Waals surface area contributed by atoms with Crippen LogP contribution in [0.5, 0.6) is 0 Å². The zero-order valence-electron chi connectivity index (χ0n) is 11.7. The standard InChI is InChI=1S/C15H22N2O.ClH/c1-12-4-3-5-14(10-12)6-7-15(18)17-9-8-16-11-13(17)2;/h3-5,10,13,16H,6-9,11H2,1-2H3;1H. The lowest BCUT2D eigenvalue weighted by Crippen LogP contribution is -2.52. The normalized spacial score (nSPS) is 18.8. The van der Waals surface area contributed by atoms with E-state index in [1.165, 1.54) is 11.1 Å². The largest absolute Gasteiger partial charge is 0.337 e. The molecule has 0 aromatic heterocycles. The lowest BCUT2D eigenvalue weighted by atomic mass is 10.1. The van der Waals surface area contributed by atoms with Crippen molar-refractivity contribution < 1.29 is 4.79 Å². The van der Waals surface area contributed by atoms with Crippen molar-refractivity contribution in [3.05, 3.63) is 35.4 Å². The summed E-state index contributed by atoms with van der Waals surface area (Å²) in [6, 6.07) is 8.73. The van der Waals surface area contributed by atoms with E-state index in [4.69, 9.17) is 0 Å². The third-order valence-corrected chi connectivity index (χ3v) is 3.53. The van der Waals surface area contributed by atoms with Crippen molar-refractivity contribution in [3.63, 3.8) is 0 Å².